The van der Waals surface area contributed by atoms with Crippen molar-refractivity contribution in [3.05, 3.63) is 24.3 Å². The smallest absolute Gasteiger partial charge is 0.198 e. The predicted molar refractivity (Wildman–Crippen MR) is 88.2 cm³/mol. The number of unbranched alkanes of at least 4 members (excludes halogenated alkanes) is 6. The fourth-order valence-electron chi connectivity index (χ4n) is 2.83. The Morgan fingerprint density at radius 1 is 0.909 bits per heavy atom. The highest BCUT2D eigenvalue weighted by molar-refractivity contribution is 5.70. The van der Waals surface area contributed by atoms with Crippen molar-refractivity contribution >= 4 is 11.0 Å². The average molecular weight is 368 g/mol. The van der Waals surface area contributed by atoms with Crippen LogP contribution in [0.2, 0.25) is 0 Å². The molecule has 1 heterocycles. The van der Waals surface area contributed by atoms with Crippen LogP contribution in [0.25, 0.3) is 11.0 Å². The van der Waals surface area contributed by atoms with E-state index in [0.29, 0.717) is 0 Å². The fraction of sp³-hybridized carbons (Fsp3) is 0.667. The zero-order chi connectivity index (χ0) is 14.9. The number of nitrogens with zero attached hydrogens (tertiary/aromatic N) is 3. The van der Waals surface area contributed by atoms with Crippen molar-refractivity contribution in [2.24, 2.45) is 0 Å². The van der Waals surface area contributed by atoms with Gasteiger partial charge in [-0.15, -0.1) is 9.36 Å². The van der Waals surface area contributed by atoms with Crippen molar-refractivity contribution in [2.45, 2.75) is 78.3 Å². The number of aromatic nitrogens is 3. The first-order chi connectivity index (χ1) is 10.4. The zero-order valence-corrected chi connectivity index (χ0v) is 15.7. The van der Waals surface area contributed by atoms with Crippen LogP contribution in [-0.4, -0.2) is 9.90 Å². The topological polar surface area (TPSA) is 21.7 Å². The van der Waals surface area contributed by atoms with Crippen LogP contribution in [0.3, 0.4) is 0 Å². The van der Waals surface area contributed by atoms with Crippen molar-refractivity contribution < 1.29 is 21.7 Å². The molecule has 0 amide bonds. The van der Waals surface area contributed by atoms with E-state index < -0.39 is 0 Å². The number of benzene rings is 1. The second kappa shape index (κ2) is 10.8. The Hall–Kier alpha value is -0.900. The molecule has 1 aromatic carbocycles. The summed E-state index contributed by atoms with van der Waals surface area (Å²) in [6.45, 7) is 6.60. The first kappa shape index (κ1) is 19.1. The molecule has 0 radical (unpaired) electrons. The van der Waals surface area contributed by atoms with Crippen molar-refractivity contribution in [1.29, 1.82) is 0 Å². The number of fused-ring (bicyclic) bond motifs is 1. The number of hydrogen-bond donors (Lipinski definition) is 0. The first-order valence-electron chi connectivity index (χ1n) is 8.72. The lowest BCUT2D eigenvalue weighted by Gasteiger charge is -1.96. The Morgan fingerprint density at radius 3 is 2.32 bits per heavy atom. The van der Waals surface area contributed by atoms with Gasteiger partial charge in [-0.2, -0.15) is 0 Å². The third-order valence-electron chi connectivity index (χ3n) is 4.10. The van der Waals surface area contributed by atoms with Gasteiger partial charge in [0.05, 0.1) is 5.21 Å². The van der Waals surface area contributed by atoms with Gasteiger partial charge < -0.3 is 17.0 Å². The fourth-order valence-corrected chi connectivity index (χ4v) is 2.83. The molecule has 0 saturated heterocycles. The van der Waals surface area contributed by atoms with E-state index in [0.717, 1.165) is 13.1 Å². The summed E-state index contributed by atoms with van der Waals surface area (Å²) in [7, 11) is 0. The normalized spacial score (nSPS) is 10.8. The molecule has 22 heavy (non-hydrogen) atoms. The summed E-state index contributed by atoms with van der Waals surface area (Å²) in [4.78, 5) is 0. The summed E-state index contributed by atoms with van der Waals surface area (Å²) in [6.07, 6.45) is 10.3. The molecule has 0 saturated carbocycles. The minimum Gasteiger partial charge on any atom is -1.00 e. The molecular formula is C18H30BrN3. The SMILES string of the molecule is CCCCCCn1n[n+](CCCCCC)c2ccccc21.[Br-]. The van der Waals surface area contributed by atoms with Gasteiger partial charge in [0.1, 0.15) is 13.1 Å². The quantitative estimate of drug-likeness (QED) is 0.460. The lowest BCUT2D eigenvalue weighted by atomic mass is 10.2. The minimum absolute atomic E-state index is 0. The number of aryl methyl sites for hydroxylation is 2. The third-order valence-corrected chi connectivity index (χ3v) is 4.10. The van der Waals surface area contributed by atoms with Gasteiger partial charge in [0.2, 0.25) is 0 Å². The standard InChI is InChI=1S/C18H30N3.BrH/c1-3-5-7-11-15-20-17-13-9-10-14-18(17)21(19-20)16-12-8-6-4-2;/h9-10,13-14H,3-8,11-12,15-16H2,1-2H3;1H/q+1;/p-1. The second-order valence-electron chi connectivity index (χ2n) is 5.95. The average Bonchev–Trinajstić information content (AvgIpc) is 2.87. The molecule has 0 atom stereocenters. The maximum absolute atomic E-state index is 4.82. The van der Waals surface area contributed by atoms with Crippen LogP contribution in [-0.2, 0) is 13.1 Å². The highest BCUT2D eigenvalue weighted by atomic mass is 79.9. The molecule has 0 fully saturated rings. The first-order valence-corrected chi connectivity index (χ1v) is 8.72. The van der Waals surface area contributed by atoms with E-state index in [9.17, 15) is 0 Å². The van der Waals surface area contributed by atoms with E-state index in [1.807, 2.05) is 0 Å². The number of hydrogen-bond acceptors (Lipinski definition) is 1. The molecule has 124 valence electrons. The molecule has 3 nitrogen and oxygen atoms in total. The van der Waals surface area contributed by atoms with Crippen LogP contribution < -0.4 is 21.7 Å². The maximum Gasteiger partial charge on any atom is 0.198 e. The molecule has 0 spiro atoms. The van der Waals surface area contributed by atoms with Crippen molar-refractivity contribution in [2.75, 3.05) is 0 Å². The third kappa shape index (κ3) is 5.38. The Bertz CT molecular complexity index is 490. The van der Waals surface area contributed by atoms with Gasteiger partial charge in [-0.05, 0) is 37.8 Å². The molecule has 1 aromatic heterocycles. The largest absolute Gasteiger partial charge is 1.00 e. The summed E-state index contributed by atoms with van der Waals surface area (Å²) in [5.41, 5.74) is 2.56. The van der Waals surface area contributed by atoms with Gasteiger partial charge >= 0.3 is 0 Å². The molecule has 0 aliphatic heterocycles. The van der Waals surface area contributed by atoms with Gasteiger partial charge in [0.15, 0.2) is 11.0 Å². The van der Waals surface area contributed by atoms with Gasteiger partial charge in [-0.3, -0.25) is 0 Å². The molecule has 0 aliphatic rings. The van der Waals surface area contributed by atoms with Crippen LogP contribution in [0, 0.1) is 0 Å². The Balaban J connectivity index is 0.00000242. The summed E-state index contributed by atoms with van der Waals surface area (Å²) in [6, 6.07) is 8.64. The summed E-state index contributed by atoms with van der Waals surface area (Å²) in [5, 5.41) is 4.82. The Kier molecular flexibility index (Phi) is 9.37. The second-order valence-corrected chi connectivity index (χ2v) is 5.95. The van der Waals surface area contributed by atoms with Crippen molar-refractivity contribution in [3.63, 3.8) is 0 Å². The molecule has 2 aromatic rings. The maximum atomic E-state index is 4.82. The number of para-hydroxylation sites is 2. The van der Waals surface area contributed by atoms with Gasteiger partial charge in [-0.1, -0.05) is 51.7 Å². The van der Waals surface area contributed by atoms with E-state index >= 15 is 0 Å². The Morgan fingerprint density at radius 2 is 1.59 bits per heavy atom. The molecule has 0 bridgehead atoms. The summed E-state index contributed by atoms with van der Waals surface area (Å²) in [5.74, 6) is 0. The number of rotatable bonds is 10. The van der Waals surface area contributed by atoms with E-state index in [-0.39, 0.29) is 17.0 Å². The molecule has 4 heteroatoms. The van der Waals surface area contributed by atoms with Gasteiger partial charge in [0, 0.05) is 0 Å². The van der Waals surface area contributed by atoms with Gasteiger partial charge in [-0.25, -0.2) is 0 Å². The predicted octanol–water partition coefficient (Wildman–Crippen LogP) is 1.49. The molecule has 2 rings (SSSR count). The molecule has 0 unspecified atom stereocenters. The van der Waals surface area contributed by atoms with Gasteiger partial charge in [0.25, 0.3) is 0 Å². The van der Waals surface area contributed by atoms with E-state index in [1.54, 1.807) is 0 Å². The molecular weight excluding hydrogens is 338 g/mol. The summed E-state index contributed by atoms with van der Waals surface area (Å²) >= 11 is 0. The van der Waals surface area contributed by atoms with E-state index in [2.05, 4.69) is 47.5 Å². The molecule has 0 N–H and O–H groups in total. The van der Waals surface area contributed by atoms with Crippen LogP contribution in [0.15, 0.2) is 24.3 Å². The number of halogens is 1. The van der Waals surface area contributed by atoms with E-state index in [1.165, 1.54) is 62.4 Å². The lowest BCUT2D eigenvalue weighted by Crippen LogP contribution is -3.00. The van der Waals surface area contributed by atoms with Crippen molar-refractivity contribution in [3.8, 4) is 0 Å². The van der Waals surface area contributed by atoms with E-state index in [4.69, 9.17) is 5.21 Å². The minimum atomic E-state index is 0. The summed E-state index contributed by atoms with van der Waals surface area (Å²) < 4.78 is 4.40. The highest BCUT2D eigenvalue weighted by Gasteiger charge is 2.16. The zero-order valence-electron chi connectivity index (χ0n) is 14.1. The highest BCUT2D eigenvalue weighted by Crippen LogP contribution is 2.11. The lowest BCUT2D eigenvalue weighted by molar-refractivity contribution is -0.733. The van der Waals surface area contributed by atoms with Crippen LogP contribution in [0.4, 0.5) is 0 Å². The monoisotopic (exact) mass is 367 g/mol. The van der Waals surface area contributed by atoms with Crippen LogP contribution in [0.1, 0.15) is 65.2 Å². The van der Waals surface area contributed by atoms with Crippen molar-refractivity contribution in [1.82, 2.24) is 9.90 Å². The van der Waals surface area contributed by atoms with Crippen LogP contribution >= 0.6 is 0 Å². The molecule has 0 aliphatic carbocycles. The Labute approximate surface area is 145 Å². The van der Waals surface area contributed by atoms with Crippen LogP contribution in [0.5, 0.6) is 0 Å².